The van der Waals surface area contributed by atoms with E-state index in [9.17, 15) is 9.18 Å². The minimum Gasteiger partial charge on any atom is -0.324 e. The third kappa shape index (κ3) is 4.41. The van der Waals surface area contributed by atoms with Crippen LogP contribution in [0.5, 0.6) is 0 Å². The molecule has 0 saturated carbocycles. The Morgan fingerprint density at radius 2 is 1.75 bits per heavy atom. The summed E-state index contributed by atoms with van der Waals surface area (Å²) in [6.45, 7) is 4.96. The summed E-state index contributed by atoms with van der Waals surface area (Å²) < 4.78 is 22.7. The van der Waals surface area contributed by atoms with Crippen LogP contribution in [-0.2, 0) is 14.3 Å². The van der Waals surface area contributed by atoms with Gasteiger partial charge in [0, 0.05) is 13.2 Å². The SMILES string of the molecule is CCOC(F)(CC(C)=O)OCC. The van der Waals surface area contributed by atoms with Gasteiger partial charge in [-0.25, -0.2) is 0 Å². The second-order valence-corrected chi connectivity index (χ2v) is 2.40. The van der Waals surface area contributed by atoms with E-state index in [1.807, 2.05) is 0 Å². The fourth-order valence-corrected chi connectivity index (χ4v) is 0.872. The van der Waals surface area contributed by atoms with Gasteiger partial charge in [0.1, 0.15) is 5.78 Å². The van der Waals surface area contributed by atoms with E-state index >= 15 is 0 Å². The number of carbonyl (C=O) groups is 1. The summed E-state index contributed by atoms with van der Waals surface area (Å²) in [6, 6.07) is -2.23. The molecule has 0 rings (SSSR count). The van der Waals surface area contributed by atoms with Crippen molar-refractivity contribution < 1.29 is 18.7 Å². The van der Waals surface area contributed by atoms with Gasteiger partial charge in [-0.3, -0.25) is 4.79 Å². The summed E-state index contributed by atoms with van der Waals surface area (Å²) >= 11 is 0. The van der Waals surface area contributed by atoms with Crippen LogP contribution in [0.4, 0.5) is 4.39 Å². The molecule has 0 aliphatic carbocycles. The van der Waals surface area contributed by atoms with Crippen molar-refractivity contribution in [3.8, 4) is 0 Å². The molecule has 0 aliphatic heterocycles. The Morgan fingerprint density at radius 3 is 2.00 bits per heavy atom. The van der Waals surface area contributed by atoms with Crippen molar-refractivity contribution in [2.45, 2.75) is 33.2 Å². The first-order valence-corrected chi connectivity index (χ1v) is 4.00. The van der Waals surface area contributed by atoms with E-state index in [4.69, 9.17) is 0 Å². The summed E-state index contributed by atoms with van der Waals surface area (Å²) in [6.07, 6.45) is -0.353. The first-order valence-electron chi connectivity index (χ1n) is 4.00. The smallest absolute Gasteiger partial charge is 0.324 e. The van der Waals surface area contributed by atoms with Crippen LogP contribution in [0.3, 0.4) is 0 Å². The Morgan fingerprint density at radius 1 is 1.33 bits per heavy atom. The number of halogens is 1. The number of hydrogen-bond acceptors (Lipinski definition) is 3. The molecule has 0 atom stereocenters. The molecule has 0 aromatic heterocycles. The molecule has 4 heteroatoms. The average molecular weight is 178 g/mol. The second kappa shape index (κ2) is 5.22. The van der Waals surface area contributed by atoms with Crippen LogP contribution in [0.1, 0.15) is 27.2 Å². The first-order chi connectivity index (χ1) is 5.54. The molecule has 3 nitrogen and oxygen atoms in total. The molecular weight excluding hydrogens is 163 g/mol. The quantitative estimate of drug-likeness (QED) is 0.580. The molecule has 0 unspecified atom stereocenters. The van der Waals surface area contributed by atoms with Crippen molar-refractivity contribution in [1.29, 1.82) is 0 Å². The zero-order valence-electron chi connectivity index (χ0n) is 7.72. The number of rotatable bonds is 6. The highest BCUT2D eigenvalue weighted by molar-refractivity contribution is 5.76. The van der Waals surface area contributed by atoms with Crippen LogP contribution < -0.4 is 0 Å². The van der Waals surface area contributed by atoms with Gasteiger partial charge in [-0.2, -0.15) is 4.39 Å². The molecule has 0 fully saturated rings. The van der Waals surface area contributed by atoms with E-state index in [2.05, 4.69) is 9.47 Å². The molecule has 0 heterocycles. The van der Waals surface area contributed by atoms with Gasteiger partial charge in [0.25, 0.3) is 0 Å². The Labute approximate surface area is 71.8 Å². The van der Waals surface area contributed by atoms with Crippen molar-refractivity contribution in [3.05, 3.63) is 0 Å². The van der Waals surface area contributed by atoms with Crippen LogP contribution in [0, 0.1) is 0 Å². The molecule has 0 bridgehead atoms. The molecule has 12 heavy (non-hydrogen) atoms. The van der Waals surface area contributed by atoms with E-state index in [-0.39, 0.29) is 25.4 Å². The lowest BCUT2D eigenvalue weighted by atomic mass is 10.3. The van der Waals surface area contributed by atoms with Gasteiger partial charge < -0.3 is 9.47 Å². The summed E-state index contributed by atoms with van der Waals surface area (Å²) in [5, 5.41) is 0. The van der Waals surface area contributed by atoms with Crippen LogP contribution in [0.25, 0.3) is 0 Å². The minimum absolute atomic E-state index is 0.184. The maximum absolute atomic E-state index is 13.4. The zero-order valence-corrected chi connectivity index (χ0v) is 7.72. The lowest BCUT2D eigenvalue weighted by Gasteiger charge is -2.22. The van der Waals surface area contributed by atoms with E-state index < -0.39 is 6.04 Å². The normalized spacial score (nSPS) is 11.7. The molecule has 0 aromatic rings. The first kappa shape index (κ1) is 11.5. The van der Waals surface area contributed by atoms with Gasteiger partial charge in [-0.15, -0.1) is 0 Å². The number of ether oxygens (including phenoxy) is 2. The lowest BCUT2D eigenvalue weighted by Crippen LogP contribution is -2.33. The van der Waals surface area contributed by atoms with Crippen LogP contribution in [0.15, 0.2) is 0 Å². The number of ketones is 1. The molecule has 0 radical (unpaired) electrons. The summed E-state index contributed by atoms with van der Waals surface area (Å²) in [7, 11) is 0. The molecule has 0 aromatic carbocycles. The molecule has 0 amide bonds. The highest BCUT2D eigenvalue weighted by Gasteiger charge is 2.32. The van der Waals surface area contributed by atoms with Crippen molar-refractivity contribution in [3.63, 3.8) is 0 Å². The largest absolute Gasteiger partial charge is 0.327 e. The van der Waals surface area contributed by atoms with Crippen LogP contribution >= 0.6 is 0 Å². The molecule has 0 aliphatic rings. The van der Waals surface area contributed by atoms with E-state index in [0.29, 0.717) is 0 Å². The third-order valence-electron chi connectivity index (χ3n) is 1.18. The molecular formula is C8H15FO3. The standard InChI is InChI=1S/C8H15FO3/c1-4-11-8(9,12-5-2)6-7(3)10/h4-6H2,1-3H3. The van der Waals surface area contributed by atoms with Crippen molar-refractivity contribution in [2.75, 3.05) is 13.2 Å². The van der Waals surface area contributed by atoms with Crippen molar-refractivity contribution in [2.24, 2.45) is 0 Å². The Bertz CT molecular complexity index is 141. The van der Waals surface area contributed by atoms with Gasteiger partial charge in [0.15, 0.2) is 0 Å². The van der Waals surface area contributed by atoms with Gasteiger partial charge in [-0.1, -0.05) is 0 Å². The van der Waals surface area contributed by atoms with E-state index in [0.717, 1.165) is 0 Å². The fourth-order valence-electron chi connectivity index (χ4n) is 0.872. The topological polar surface area (TPSA) is 35.5 Å². The fraction of sp³-hybridized carbons (Fsp3) is 0.875. The predicted molar refractivity (Wildman–Crippen MR) is 42.4 cm³/mol. The van der Waals surface area contributed by atoms with Crippen LogP contribution in [-0.4, -0.2) is 25.0 Å². The monoisotopic (exact) mass is 178 g/mol. The van der Waals surface area contributed by atoms with Gasteiger partial charge >= 0.3 is 6.04 Å². The third-order valence-corrected chi connectivity index (χ3v) is 1.18. The summed E-state index contributed by atoms with van der Waals surface area (Å²) in [5.41, 5.74) is 0. The van der Waals surface area contributed by atoms with Gasteiger partial charge in [0.05, 0.1) is 6.42 Å². The zero-order chi connectivity index (χ0) is 9.61. The second-order valence-electron chi connectivity index (χ2n) is 2.40. The van der Waals surface area contributed by atoms with Crippen molar-refractivity contribution >= 4 is 5.78 Å². The highest BCUT2D eigenvalue weighted by Crippen LogP contribution is 2.20. The number of hydrogen-bond donors (Lipinski definition) is 0. The van der Waals surface area contributed by atoms with Gasteiger partial charge in [0.2, 0.25) is 0 Å². The maximum atomic E-state index is 13.4. The molecule has 0 spiro atoms. The maximum Gasteiger partial charge on any atom is 0.327 e. The van der Waals surface area contributed by atoms with E-state index in [1.165, 1.54) is 6.92 Å². The number of Topliss-reactive ketones (excluding diaryl/α,β-unsaturated/α-hetero) is 1. The number of carbonyl (C=O) groups excluding carboxylic acids is 1. The Hall–Kier alpha value is -0.480. The molecule has 72 valence electrons. The minimum atomic E-state index is -2.23. The van der Waals surface area contributed by atoms with Crippen molar-refractivity contribution in [1.82, 2.24) is 0 Å². The van der Waals surface area contributed by atoms with Gasteiger partial charge in [-0.05, 0) is 20.8 Å². The predicted octanol–water partition coefficient (Wildman–Crippen LogP) is 1.66. The average Bonchev–Trinajstić information content (AvgIpc) is 1.85. The lowest BCUT2D eigenvalue weighted by molar-refractivity contribution is -0.311. The molecule has 0 N–H and O–H groups in total. The van der Waals surface area contributed by atoms with E-state index in [1.54, 1.807) is 13.8 Å². The highest BCUT2D eigenvalue weighted by atomic mass is 19.2. The Kier molecular flexibility index (Phi) is 5.01. The summed E-state index contributed by atoms with van der Waals surface area (Å²) in [4.78, 5) is 10.6. The van der Waals surface area contributed by atoms with Crippen LogP contribution in [0.2, 0.25) is 0 Å². The summed E-state index contributed by atoms with van der Waals surface area (Å²) in [5.74, 6) is -0.292. The molecule has 0 saturated heterocycles. The Balaban J connectivity index is 4.07. The number of alkyl halides is 1.